The van der Waals surface area contributed by atoms with Gasteiger partial charge in [-0.05, 0) is 55.5 Å². The molecule has 2 N–H and O–H groups in total. The number of amides is 2. The third kappa shape index (κ3) is 5.87. The molecular weight excluding hydrogens is 472 g/mol. The number of hydrogen-bond acceptors (Lipinski definition) is 7. The first-order valence-corrected chi connectivity index (χ1v) is 11.2. The molecule has 0 atom stereocenters. The molecule has 0 saturated carbocycles. The number of nitrogens with zero attached hydrogens (tertiary/aromatic N) is 1. The number of ether oxygens (including phenoxy) is 1. The maximum absolute atomic E-state index is 12.7. The van der Waals surface area contributed by atoms with Gasteiger partial charge in [0.15, 0.2) is 0 Å². The molecule has 0 aromatic heterocycles. The van der Waals surface area contributed by atoms with Gasteiger partial charge in [0.25, 0.3) is 5.91 Å². The number of anilines is 1. The summed E-state index contributed by atoms with van der Waals surface area (Å²) in [6, 6.07) is 10.9. The van der Waals surface area contributed by atoms with Gasteiger partial charge < -0.3 is 15.2 Å². The molecule has 10 heteroatoms. The number of nitrogens with one attached hydrogen (secondary N) is 1. The lowest BCUT2D eigenvalue weighted by Gasteiger charge is -2.14. The SMILES string of the molecule is CCOC(=O)c1ccc(NC(=O)CCN2C(=O)/C(=C/c3cc(Cl)ccc3O)SC2=S)cc1. The maximum Gasteiger partial charge on any atom is 0.338 e. The lowest BCUT2D eigenvalue weighted by molar-refractivity contribution is -0.122. The summed E-state index contributed by atoms with van der Waals surface area (Å²) in [6.07, 6.45) is 1.55. The number of carbonyl (C=O) groups is 3. The summed E-state index contributed by atoms with van der Waals surface area (Å²) in [5.41, 5.74) is 1.31. The number of carbonyl (C=O) groups excluding carboxylic acids is 3. The zero-order valence-corrected chi connectivity index (χ0v) is 19.4. The van der Waals surface area contributed by atoms with Crippen molar-refractivity contribution in [3.05, 3.63) is 63.5 Å². The van der Waals surface area contributed by atoms with E-state index in [0.29, 0.717) is 31.1 Å². The number of rotatable bonds is 7. The summed E-state index contributed by atoms with van der Waals surface area (Å²) in [7, 11) is 0. The van der Waals surface area contributed by atoms with Crippen molar-refractivity contribution in [2.45, 2.75) is 13.3 Å². The lowest BCUT2D eigenvalue weighted by atomic mass is 10.2. The van der Waals surface area contributed by atoms with Crippen molar-refractivity contribution >= 4 is 69.4 Å². The van der Waals surface area contributed by atoms with Gasteiger partial charge in [-0.1, -0.05) is 35.6 Å². The van der Waals surface area contributed by atoms with Crippen LogP contribution in [0, 0.1) is 0 Å². The number of aromatic hydroxyl groups is 1. The largest absolute Gasteiger partial charge is 0.507 e. The van der Waals surface area contributed by atoms with Gasteiger partial charge >= 0.3 is 5.97 Å². The number of esters is 1. The number of thiocarbonyl (C=S) groups is 1. The summed E-state index contributed by atoms with van der Waals surface area (Å²) < 4.78 is 5.25. The van der Waals surface area contributed by atoms with Gasteiger partial charge in [0.2, 0.25) is 5.91 Å². The smallest absolute Gasteiger partial charge is 0.338 e. The average molecular weight is 491 g/mol. The van der Waals surface area contributed by atoms with Gasteiger partial charge in [0, 0.05) is 29.2 Å². The third-order valence-corrected chi connectivity index (χ3v) is 6.00. The van der Waals surface area contributed by atoms with Crippen molar-refractivity contribution in [1.82, 2.24) is 4.90 Å². The minimum Gasteiger partial charge on any atom is -0.507 e. The second-order valence-electron chi connectivity index (χ2n) is 6.63. The lowest BCUT2D eigenvalue weighted by Crippen LogP contribution is -2.31. The maximum atomic E-state index is 12.7. The summed E-state index contributed by atoms with van der Waals surface area (Å²) >= 11 is 12.3. The predicted octanol–water partition coefficient (Wildman–Crippen LogP) is 4.45. The molecule has 2 amide bonds. The van der Waals surface area contributed by atoms with Gasteiger partial charge in [0.1, 0.15) is 10.1 Å². The van der Waals surface area contributed by atoms with Crippen molar-refractivity contribution in [3.63, 3.8) is 0 Å². The van der Waals surface area contributed by atoms with Gasteiger partial charge in [0.05, 0.1) is 17.1 Å². The summed E-state index contributed by atoms with van der Waals surface area (Å²) in [5, 5.41) is 13.1. The van der Waals surface area contributed by atoms with Gasteiger partial charge in [-0.2, -0.15) is 0 Å². The molecule has 1 aliphatic heterocycles. The number of phenolic OH excluding ortho intramolecular Hbond substituents is 1. The highest BCUT2D eigenvalue weighted by atomic mass is 35.5. The minimum atomic E-state index is -0.432. The zero-order chi connectivity index (χ0) is 23.3. The zero-order valence-electron chi connectivity index (χ0n) is 17.0. The Labute approximate surface area is 199 Å². The van der Waals surface area contributed by atoms with Crippen LogP contribution in [0.25, 0.3) is 6.08 Å². The van der Waals surface area contributed by atoms with Crippen LogP contribution in [0.3, 0.4) is 0 Å². The number of hydrogen-bond donors (Lipinski definition) is 2. The van der Waals surface area contributed by atoms with E-state index in [1.807, 2.05) is 0 Å². The van der Waals surface area contributed by atoms with Crippen LogP contribution >= 0.6 is 35.6 Å². The Morgan fingerprint density at radius 1 is 1.25 bits per heavy atom. The molecule has 0 spiro atoms. The van der Waals surface area contributed by atoms with Crippen LogP contribution in [0.2, 0.25) is 5.02 Å². The molecule has 166 valence electrons. The van der Waals surface area contributed by atoms with E-state index in [1.54, 1.807) is 43.3 Å². The Kier molecular flexibility index (Phi) is 7.89. The molecule has 7 nitrogen and oxygen atoms in total. The molecular formula is C22H19ClN2O5S2. The molecule has 32 heavy (non-hydrogen) atoms. The molecule has 1 heterocycles. The Bertz CT molecular complexity index is 1100. The van der Waals surface area contributed by atoms with E-state index in [2.05, 4.69) is 5.32 Å². The number of thioether (sulfide) groups is 1. The van der Waals surface area contributed by atoms with Crippen molar-refractivity contribution in [3.8, 4) is 5.75 Å². The Morgan fingerprint density at radius 3 is 2.66 bits per heavy atom. The van der Waals surface area contributed by atoms with E-state index >= 15 is 0 Å². The first-order chi connectivity index (χ1) is 15.3. The monoisotopic (exact) mass is 490 g/mol. The van der Waals surface area contributed by atoms with E-state index < -0.39 is 5.97 Å². The Morgan fingerprint density at radius 2 is 1.97 bits per heavy atom. The topological polar surface area (TPSA) is 95.9 Å². The summed E-state index contributed by atoms with van der Waals surface area (Å²) in [5.74, 6) is -1.09. The molecule has 0 radical (unpaired) electrons. The molecule has 1 saturated heterocycles. The van der Waals surface area contributed by atoms with E-state index in [9.17, 15) is 19.5 Å². The van der Waals surface area contributed by atoms with Crippen LogP contribution in [-0.2, 0) is 14.3 Å². The molecule has 2 aromatic carbocycles. The molecule has 2 aromatic rings. The van der Waals surface area contributed by atoms with Crippen LogP contribution in [0.5, 0.6) is 5.75 Å². The van der Waals surface area contributed by atoms with E-state index in [4.69, 9.17) is 28.6 Å². The minimum absolute atomic E-state index is 0.00646. The van der Waals surface area contributed by atoms with Crippen LogP contribution in [-0.4, -0.2) is 45.3 Å². The first-order valence-electron chi connectivity index (χ1n) is 9.59. The number of halogens is 1. The standard InChI is InChI=1S/C22H19ClN2O5S2/c1-2-30-21(29)13-3-6-16(7-4-13)24-19(27)9-10-25-20(28)18(32-22(25)31)12-14-11-15(23)5-8-17(14)26/h3-8,11-12,26H,2,9-10H2,1H3,(H,24,27)/b18-12-. The quantitative estimate of drug-likeness (QED) is 0.336. The molecule has 1 fully saturated rings. The molecule has 0 unspecified atom stereocenters. The Balaban J connectivity index is 1.58. The van der Waals surface area contributed by atoms with E-state index in [-0.39, 0.29) is 37.1 Å². The fraction of sp³-hybridized carbons (Fsp3) is 0.182. The van der Waals surface area contributed by atoms with Crippen LogP contribution in [0.1, 0.15) is 29.3 Å². The van der Waals surface area contributed by atoms with Crippen molar-refractivity contribution in [1.29, 1.82) is 0 Å². The highest BCUT2D eigenvalue weighted by Gasteiger charge is 2.32. The average Bonchev–Trinajstić information content (AvgIpc) is 3.02. The van der Waals surface area contributed by atoms with E-state index in [1.165, 1.54) is 17.0 Å². The highest BCUT2D eigenvalue weighted by molar-refractivity contribution is 8.26. The summed E-state index contributed by atoms with van der Waals surface area (Å²) in [4.78, 5) is 38.4. The van der Waals surface area contributed by atoms with Crippen LogP contribution in [0.4, 0.5) is 5.69 Å². The van der Waals surface area contributed by atoms with Crippen LogP contribution in [0.15, 0.2) is 47.4 Å². The predicted molar refractivity (Wildman–Crippen MR) is 129 cm³/mol. The van der Waals surface area contributed by atoms with E-state index in [0.717, 1.165) is 11.8 Å². The molecule has 3 rings (SSSR count). The third-order valence-electron chi connectivity index (χ3n) is 4.39. The fourth-order valence-corrected chi connectivity index (χ4v) is 4.30. The normalized spacial score (nSPS) is 14.7. The molecule has 1 aliphatic rings. The van der Waals surface area contributed by atoms with Gasteiger partial charge in [-0.25, -0.2) is 4.79 Å². The second-order valence-corrected chi connectivity index (χ2v) is 8.74. The van der Waals surface area contributed by atoms with Gasteiger partial charge in [-0.15, -0.1) is 0 Å². The Hall–Kier alpha value is -2.88. The molecule has 0 aliphatic carbocycles. The van der Waals surface area contributed by atoms with Crippen molar-refractivity contribution in [2.24, 2.45) is 0 Å². The van der Waals surface area contributed by atoms with Crippen LogP contribution < -0.4 is 5.32 Å². The van der Waals surface area contributed by atoms with Crippen molar-refractivity contribution in [2.75, 3.05) is 18.5 Å². The highest BCUT2D eigenvalue weighted by Crippen LogP contribution is 2.34. The van der Waals surface area contributed by atoms with Crippen molar-refractivity contribution < 1.29 is 24.2 Å². The van der Waals surface area contributed by atoms with Gasteiger partial charge in [-0.3, -0.25) is 14.5 Å². The number of benzene rings is 2. The number of phenols is 1. The fourth-order valence-electron chi connectivity index (χ4n) is 2.82. The molecule has 0 bridgehead atoms. The summed E-state index contributed by atoms with van der Waals surface area (Å²) in [6.45, 7) is 2.11. The second kappa shape index (κ2) is 10.6. The first kappa shape index (κ1) is 23.8.